The van der Waals surface area contributed by atoms with Gasteiger partial charge in [0.05, 0.1) is 11.2 Å². The molecule has 1 amide bonds. The summed E-state index contributed by atoms with van der Waals surface area (Å²) >= 11 is 0. The molecule has 4 rings (SSSR count). The molecule has 0 radical (unpaired) electrons. The third-order valence-electron chi connectivity index (χ3n) is 4.58. The number of carbonyl (C=O) groups excluding carboxylic acids is 1. The number of rotatable bonds is 5. The maximum Gasteiger partial charge on any atom is 0.244 e. The molecule has 0 aliphatic heterocycles. The normalized spacial score (nSPS) is 10.7. The zero-order valence-corrected chi connectivity index (χ0v) is 16.0. The van der Waals surface area contributed by atoms with Crippen LogP contribution in [0.2, 0.25) is 0 Å². The zero-order valence-electron chi connectivity index (χ0n) is 16.0. The molecule has 5 nitrogen and oxygen atoms in total. The fourth-order valence-corrected chi connectivity index (χ4v) is 3.18. The first-order valence-corrected chi connectivity index (χ1v) is 9.32. The van der Waals surface area contributed by atoms with Gasteiger partial charge in [0.2, 0.25) is 5.91 Å². The van der Waals surface area contributed by atoms with Crippen LogP contribution in [0.4, 0.5) is 5.69 Å². The number of anilines is 1. The summed E-state index contributed by atoms with van der Waals surface area (Å²) in [5.41, 5.74) is 2.26. The van der Waals surface area contributed by atoms with E-state index >= 15 is 0 Å². The van der Waals surface area contributed by atoms with Crippen molar-refractivity contribution < 1.29 is 9.53 Å². The lowest BCUT2D eigenvalue weighted by molar-refractivity contribution is -0.116. The summed E-state index contributed by atoms with van der Waals surface area (Å²) < 4.78 is 7.67. The summed E-state index contributed by atoms with van der Waals surface area (Å²) in [4.78, 5) is 24.9. The maximum atomic E-state index is 12.7. The van der Waals surface area contributed by atoms with Crippen LogP contribution in [0.5, 0.6) is 11.5 Å². The van der Waals surface area contributed by atoms with Crippen molar-refractivity contribution in [2.75, 3.05) is 5.32 Å². The van der Waals surface area contributed by atoms with Crippen LogP contribution in [-0.4, -0.2) is 10.5 Å². The van der Waals surface area contributed by atoms with Crippen molar-refractivity contribution in [2.24, 2.45) is 0 Å². The summed E-state index contributed by atoms with van der Waals surface area (Å²) in [5, 5.41) is 3.51. The van der Waals surface area contributed by atoms with Crippen LogP contribution < -0.4 is 15.5 Å². The standard InChI is InChI=1S/C24H20N2O3/c1-17-11-12-21-19(15-17)22(27)13-14-26(21)16-24(28)25-20-9-5-6-10-23(20)29-18-7-3-2-4-8-18/h2-15H,16H2,1H3,(H,25,28). The molecule has 4 aromatic rings. The molecule has 0 aliphatic carbocycles. The second-order valence-electron chi connectivity index (χ2n) is 6.79. The second-order valence-corrected chi connectivity index (χ2v) is 6.79. The average Bonchev–Trinajstić information content (AvgIpc) is 2.72. The second kappa shape index (κ2) is 8.02. The first-order valence-electron chi connectivity index (χ1n) is 9.32. The van der Waals surface area contributed by atoms with E-state index in [2.05, 4.69) is 5.32 Å². The Hall–Kier alpha value is -3.86. The van der Waals surface area contributed by atoms with Gasteiger partial charge in [0.1, 0.15) is 12.3 Å². The highest BCUT2D eigenvalue weighted by atomic mass is 16.5. The van der Waals surface area contributed by atoms with Crippen LogP contribution >= 0.6 is 0 Å². The van der Waals surface area contributed by atoms with E-state index in [1.807, 2.05) is 67.6 Å². The first kappa shape index (κ1) is 18.5. The largest absolute Gasteiger partial charge is 0.455 e. The Labute approximate surface area is 168 Å². The van der Waals surface area contributed by atoms with Gasteiger partial charge in [-0.05, 0) is 43.3 Å². The van der Waals surface area contributed by atoms with E-state index in [4.69, 9.17) is 4.74 Å². The molecule has 0 spiro atoms. The number of hydrogen-bond acceptors (Lipinski definition) is 3. The van der Waals surface area contributed by atoms with E-state index in [1.165, 1.54) is 6.07 Å². The molecule has 0 unspecified atom stereocenters. The van der Waals surface area contributed by atoms with Gasteiger partial charge in [0, 0.05) is 17.6 Å². The minimum Gasteiger partial charge on any atom is -0.455 e. The highest BCUT2D eigenvalue weighted by molar-refractivity contribution is 5.93. The van der Waals surface area contributed by atoms with Crippen LogP contribution in [-0.2, 0) is 11.3 Å². The van der Waals surface area contributed by atoms with Gasteiger partial charge in [-0.2, -0.15) is 0 Å². The number of nitrogens with zero attached hydrogens (tertiary/aromatic N) is 1. The Morgan fingerprint density at radius 3 is 2.55 bits per heavy atom. The number of benzene rings is 3. The third kappa shape index (κ3) is 4.19. The van der Waals surface area contributed by atoms with Gasteiger partial charge in [-0.3, -0.25) is 9.59 Å². The van der Waals surface area contributed by atoms with Gasteiger partial charge in [0.25, 0.3) is 0 Å². The SMILES string of the molecule is Cc1ccc2c(c1)c(=O)ccn2CC(=O)Nc1ccccc1Oc1ccccc1. The highest BCUT2D eigenvalue weighted by Gasteiger charge is 2.11. The predicted octanol–water partition coefficient (Wildman–Crippen LogP) is 4.74. The molecule has 0 atom stereocenters. The molecule has 0 aliphatic rings. The summed E-state index contributed by atoms with van der Waals surface area (Å²) in [6.07, 6.45) is 1.64. The van der Waals surface area contributed by atoms with Gasteiger partial charge in [0.15, 0.2) is 11.2 Å². The average molecular weight is 384 g/mol. The van der Waals surface area contributed by atoms with Crippen molar-refractivity contribution in [3.63, 3.8) is 0 Å². The Kier molecular flexibility index (Phi) is 5.12. The molecule has 0 saturated carbocycles. The fraction of sp³-hybridized carbons (Fsp3) is 0.0833. The van der Waals surface area contributed by atoms with E-state index in [0.717, 1.165) is 11.1 Å². The number of hydrogen-bond donors (Lipinski definition) is 1. The molecular weight excluding hydrogens is 364 g/mol. The summed E-state index contributed by atoms with van der Waals surface area (Å²) in [7, 11) is 0. The van der Waals surface area contributed by atoms with Crippen molar-refractivity contribution in [3.05, 3.63) is 101 Å². The number of pyridine rings is 1. The Morgan fingerprint density at radius 2 is 1.72 bits per heavy atom. The zero-order chi connectivity index (χ0) is 20.2. The number of amides is 1. The summed E-state index contributed by atoms with van der Waals surface area (Å²) in [5.74, 6) is 1.04. The van der Waals surface area contributed by atoms with Gasteiger partial charge < -0.3 is 14.6 Å². The van der Waals surface area contributed by atoms with E-state index in [9.17, 15) is 9.59 Å². The number of para-hydroxylation sites is 3. The van der Waals surface area contributed by atoms with Crippen LogP contribution in [0.25, 0.3) is 10.9 Å². The highest BCUT2D eigenvalue weighted by Crippen LogP contribution is 2.29. The molecule has 5 heteroatoms. The number of ether oxygens (including phenoxy) is 1. The molecular formula is C24H20N2O3. The minimum atomic E-state index is -0.209. The molecule has 1 heterocycles. The number of aryl methyl sites for hydroxylation is 1. The van der Waals surface area contributed by atoms with Crippen LogP contribution in [0.3, 0.4) is 0 Å². The van der Waals surface area contributed by atoms with Crippen molar-refractivity contribution in [2.45, 2.75) is 13.5 Å². The van der Waals surface area contributed by atoms with E-state index in [-0.39, 0.29) is 17.9 Å². The molecule has 144 valence electrons. The van der Waals surface area contributed by atoms with Gasteiger partial charge in [-0.25, -0.2) is 0 Å². The van der Waals surface area contributed by atoms with E-state index in [1.54, 1.807) is 22.9 Å². The lowest BCUT2D eigenvalue weighted by Gasteiger charge is -2.14. The van der Waals surface area contributed by atoms with E-state index in [0.29, 0.717) is 22.6 Å². The van der Waals surface area contributed by atoms with Crippen molar-refractivity contribution in [1.82, 2.24) is 4.57 Å². The molecule has 1 N–H and O–H groups in total. The number of nitrogens with one attached hydrogen (secondary N) is 1. The topological polar surface area (TPSA) is 60.3 Å². The van der Waals surface area contributed by atoms with Crippen LogP contribution in [0.1, 0.15) is 5.56 Å². The van der Waals surface area contributed by atoms with E-state index < -0.39 is 0 Å². The van der Waals surface area contributed by atoms with Crippen LogP contribution in [0.15, 0.2) is 89.9 Å². The quantitative estimate of drug-likeness (QED) is 0.541. The summed E-state index contributed by atoms with van der Waals surface area (Å²) in [6.45, 7) is 2.02. The Morgan fingerprint density at radius 1 is 0.966 bits per heavy atom. The smallest absolute Gasteiger partial charge is 0.244 e. The number of aromatic nitrogens is 1. The van der Waals surface area contributed by atoms with Crippen molar-refractivity contribution in [1.29, 1.82) is 0 Å². The molecule has 1 aromatic heterocycles. The fourth-order valence-electron chi connectivity index (χ4n) is 3.18. The molecule has 0 fully saturated rings. The minimum absolute atomic E-state index is 0.0537. The molecule has 0 saturated heterocycles. The Balaban J connectivity index is 1.56. The van der Waals surface area contributed by atoms with Gasteiger partial charge >= 0.3 is 0 Å². The number of fused-ring (bicyclic) bond motifs is 1. The van der Waals surface area contributed by atoms with Crippen LogP contribution in [0, 0.1) is 6.92 Å². The van der Waals surface area contributed by atoms with Gasteiger partial charge in [-0.1, -0.05) is 42.0 Å². The monoisotopic (exact) mass is 384 g/mol. The lowest BCUT2D eigenvalue weighted by atomic mass is 10.1. The molecule has 3 aromatic carbocycles. The lowest BCUT2D eigenvalue weighted by Crippen LogP contribution is -2.20. The first-order chi connectivity index (χ1) is 14.1. The third-order valence-corrected chi connectivity index (χ3v) is 4.58. The van der Waals surface area contributed by atoms with Crippen molar-refractivity contribution in [3.8, 4) is 11.5 Å². The summed E-state index contributed by atoms with van der Waals surface area (Å²) in [6, 6.07) is 23.8. The Bertz CT molecular complexity index is 1230. The predicted molar refractivity (Wildman–Crippen MR) is 115 cm³/mol. The van der Waals surface area contributed by atoms with Gasteiger partial charge in [-0.15, -0.1) is 0 Å². The number of carbonyl (C=O) groups is 1. The maximum absolute atomic E-state index is 12.7. The molecule has 29 heavy (non-hydrogen) atoms. The molecule has 0 bridgehead atoms. The van der Waals surface area contributed by atoms with Crippen molar-refractivity contribution >= 4 is 22.5 Å².